The van der Waals surface area contributed by atoms with Crippen molar-refractivity contribution in [3.05, 3.63) is 29.3 Å². The lowest BCUT2D eigenvalue weighted by Gasteiger charge is -2.19. The van der Waals surface area contributed by atoms with Crippen LogP contribution in [0.5, 0.6) is 5.75 Å². The highest BCUT2D eigenvalue weighted by atomic mass is 19.2. The SMILES string of the molecule is COc1cc(F)c(F)c(CC(C)(C)N)c1. The van der Waals surface area contributed by atoms with E-state index in [1.165, 1.54) is 13.2 Å². The molecular weight excluding hydrogens is 200 g/mol. The minimum atomic E-state index is -0.909. The van der Waals surface area contributed by atoms with Gasteiger partial charge < -0.3 is 10.5 Å². The largest absolute Gasteiger partial charge is 0.497 e. The van der Waals surface area contributed by atoms with E-state index in [1.54, 1.807) is 13.8 Å². The number of halogens is 2. The van der Waals surface area contributed by atoms with Crippen molar-refractivity contribution in [1.29, 1.82) is 0 Å². The van der Waals surface area contributed by atoms with E-state index in [9.17, 15) is 8.78 Å². The van der Waals surface area contributed by atoms with Crippen molar-refractivity contribution in [2.75, 3.05) is 7.11 Å². The lowest BCUT2D eigenvalue weighted by Crippen LogP contribution is -2.34. The van der Waals surface area contributed by atoms with Gasteiger partial charge in [0.25, 0.3) is 0 Å². The van der Waals surface area contributed by atoms with Crippen molar-refractivity contribution >= 4 is 0 Å². The summed E-state index contributed by atoms with van der Waals surface area (Å²) >= 11 is 0. The number of nitrogens with two attached hydrogens (primary N) is 1. The van der Waals surface area contributed by atoms with Crippen molar-refractivity contribution in [1.82, 2.24) is 0 Å². The molecule has 0 amide bonds. The molecule has 15 heavy (non-hydrogen) atoms. The molecule has 1 aromatic carbocycles. The summed E-state index contributed by atoms with van der Waals surface area (Å²) < 4.78 is 31.3. The molecule has 0 unspecified atom stereocenters. The van der Waals surface area contributed by atoms with Crippen molar-refractivity contribution in [2.24, 2.45) is 5.73 Å². The molecule has 0 saturated carbocycles. The fourth-order valence-electron chi connectivity index (χ4n) is 1.36. The molecular formula is C11H15F2NO. The topological polar surface area (TPSA) is 35.2 Å². The molecule has 2 nitrogen and oxygen atoms in total. The third-order valence-corrected chi connectivity index (χ3v) is 1.96. The van der Waals surface area contributed by atoms with E-state index in [-0.39, 0.29) is 12.0 Å². The molecule has 0 aliphatic heterocycles. The predicted octanol–water partition coefficient (Wildman–Crippen LogP) is 2.25. The lowest BCUT2D eigenvalue weighted by atomic mass is 9.95. The molecule has 0 heterocycles. The second kappa shape index (κ2) is 4.14. The van der Waals surface area contributed by atoms with Crippen LogP contribution in [0.2, 0.25) is 0 Å². The number of methoxy groups -OCH3 is 1. The summed E-state index contributed by atoms with van der Waals surface area (Å²) in [6.07, 6.45) is 0.257. The second-order valence-electron chi connectivity index (χ2n) is 4.25. The summed E-state index contributed by atoms with van der Waals surface area (Å²) in [5, 5.41) is 0. The molecule has 2 N–H and O–H groups in total. The van der Waals surface area contributed by atoms with Crippen LogP contribution in [0, 0.1) is 11.6 Å². The summed E-state index contributed by atoms with van der Waals surface area (Å²) in [5.41, 5.74) is 5.40. The summed E-state index contributed by atoms with van der Waals surface area (Å²) in [6, 6.07) is 2.48. The number of rotatable bonds is 3. The summed E-state index contributed by atoms with van der Waals surface area (Å²) in [7, 11) is 1.41. The van der Waals surface area contributed by atoms with Gasteiger partial charge in [-0.25, -0.2) is 8.78 Å². The van der Waals surface area contributed by atoms with E-state index in [1.807, 2.05) is 0 Å². The Morgan fingerprint density at radius 3 is 2.40 bits per heavy atom. The first-order chi connectivity index (χ1) is 6.83. The van der Waals surface area contributed by atoms with Crippen LogP contribution in [0.1, 0.15) is 19.4 Å². The van der Waals surface area contributed by atoms with Gasteiger partial charge in [-0.1, -0.05) is 0 Å². The molecule has 84 valence electrons. The van der Waals surface area contributed by atoms with Crippen LogP contribution in [0.15, 0.2) is 12.1 Å². The molecule has 0 aliphatic carbocycles. The molecule has 0 aliphatic rings. The zero-order valence-electron chi connectivity index (χ0n) is 9.10. The highest BCUT2D eigenvalue weighted by Gasteiger charge is 2.18. The van der Waals surface area contributed by atoms with Crippen molar-refractivity contribution < 1.29 is 13.5 Å². The van der Waals surface area contributed by atoms with Crippen molar-refractivity contribution in [3.8, 4) is 5.75 Å². The predicted molar refractivity (Wildman–Crippen MR) is 54.9 cm³/mol. The van der Waals surface area contributed by atoms with E-state index in [2.05, 4.69) is 0 Å². The smallest absolute Gasteiger partial charge is 0.162 e. The lowest BCUT2D eigenvalue weighted by molar-refractivity contribution is 0.401. The van der Waals surface area contributed by atoms with E-state index in [0.29, 0.717) is 5.75 Å². The highest BCUT2D eigenvalue weighted by Crippen LogP contribution is 2.23. The molecule has 0 fully saturated rings. The Morgan fingerprint density at radius 1 is 1.33 bits per heavy atom. The first-order valence-electron chi connectivity index (χ1n) is 4.64. The summed E-state index contributed by atoms with van der Waals surface area (Å²) in [5.74, 6) is -1.46. The van der Waals surface area contributed by atoms with Gasteiger partial charge in [0.2, 0.25) is 0 Å². The maximum absolute atomic E-state index is 13.4. The van der Waals surface area contributed by atoms with Gasteiger partial charge in [0, 0.05) is 11.6 Å². The monoisotopic (exact) mass is 215 g/mol. The van der Waals surface area contributed by atoms with Gasteiger partial charge in [-0.2, -0.15) is 0 Å². The Bertz CT molecular complexity index is 358. The van der Waals surface area contributed by atoms with Crippen LogP contribution < -0.4 is 10.5 Å². The van der Waals surface area contributed by atoms with E-state index in [0.717, 1.165) is 6.07 Å². The quantitative estimate of drug-likeness (QED) is 0.839. The van der Waals surface area contributed by atoms with Gasteiger partial charge in [-0.05, 0) is 31.9 Å². The van der Waals surface area contributed by atoms with Gasteiger partial charge in [-0.15, -0.1) is 0 Å². The Hall–Kier alpha value is -1.16. The third kappa shape index (κ3) is 3.16. The van der Waals surface area contributed by atoms with Crippen LogP contribution in [-0.2, 0) is 6.42 Å². The summed E-state index contributed by atoms with van der Waals surface area (Å²) in [4.78, 5) is 0. The number of hydrogen-bond donors (Lipinski definition) is 1. The van der Waals surface area contributed by atoms with Crippen LogP contribution in [0.25, 0.3) is 0 Å². The van der Waals surface area contributed by atoms with Crippen LogP contribution in [-0.4, -0.2) is 12.6 Å². The average molecular weight is 215 g/mol. The zero-order chi connectivity index (χ0) is 11.6. The molecule has 1 rings (SSSR count). The van der Waals surface area contributed by atoms with Gasteiger partial charge >= 0.3 is 0 Å². The molecule has 1 aromatic rings. The maximum Gasteiger partial charge on any atom is 0.162 e. The molecule has 0 spiro atoms. The Labute approximate surface area is 88.0 Å². The second-order valence-corrected chi connectivity index (χ2v) is 4.25. The number of hydrogen-bond acceptors (Lipinski definition) is 2. The van der Waals surface area contributed by atoms with Crippen LogP contribution in [0.3, 0.4) is 0 Å². The zero-order valence-corrected chi connectivity index (χ0v) is 9.10. The fraction of sp³-hybridized carbons (Fsp3) is 0.455. The number of benzene rings is 1. The fourth-order valence-corrected chi connectivity index (χ4v) is 1.36. The molecule has 0 saturated heterocycles. The van der Waals surface area contributed by atoms with Gasteiger partial charge in [0.15, 0.2) is 11.6 Å². The van der Waals surface area contributed by atoms with E-state index < -0.39 is 17.2 Å². The van der Waals surface area contributed by atoms with Crippen LogP contribution in [0.4, 0.5) is 8.78 Å². The Kier molecular flexibility index (Phi) is 3.29. The van der Waals surface area contributed by atoms with Gasteiger partial charge in [-0.3, -0.25) is 0 Å². The highest BCUT2D eigenvalue weighted by molar-refractivity contribution is 5.32. The first kappa shape index (κ1) is 11.9. The number of ether oxygens (including phenoxy) is 1. The van der Waals surface area contributed by atoms with Gasteiger partial charge in [0.05, 0.1) is 7.11 Å². The third-order valence-electron chi connectivity index (χ3n) is 1.96. The molecule has 0 radical (unpaired) electrons. The van der Waals surface area contributed by atoms with Crippen LogP contribution >= 0.6 is 0 Å². The van der Waals surface area contributed by atoms with Crippen molar-refractivity contribution in [3.63, 3.8) is 0 Å². The Morgan fingerprint density at radius 2 is 1.93 bits per heavy atom. The molecule has 4 heteroatoms. The average Bonchev–Trinajstić information content (AvgIpc) is 2.10. The van der Waals surface area contributed by atoms with E-state index >= 15 is 0 Å². The van der Waals surface area contributed by atoms with E-state index in [4.69, 9.17) is 10.5 Å². The van der Waals surface area contributed by atoms with Gasteiger partial charge in [0.1, 0.15) is 5.75 Å². The normalized spacial score (nSPS) is 11.6. The minimum absolute atomic E-state index is 0.236. The maximum atomic E-state index is 13.4. The molecule has 0 atom stereocenters. The van der Waals surface area contributed by atoms with Crippen molar-refractivity contribution in [2.45, 2.75) is 25.8 Å². The Balaban J connectivity index is 3.11. The standard InChI is InChI=1S/C11H15F2NO/c1-11(2,14)6-7-4-8(15-3)5-9(12)10(7)13/h4-5H,6,14H2,1-3H3. The molecule has 0 aromatic heterocycles. The summed E-state index contributed by atoms with van der Waals surface area (Å²) in [6.45, 7) is 3.51. The molecule has 0 bridgehead atoms. The minimum Gasteiger partial charge on any atom is -0.497 e. The first-order valence-corrected chi connectivity index (χ1v) is 4.64.